The van der Waals surface area contributed by atoms with E-state index in [4.69, 9.17) is 5.73 Å². The molecule has 112 valence electrons. The summed E-state index contributed by atoms with van der Waals surface area (Å²) in [4.78, 5) is 14.2. The number of hydrogen-bond donors (Lipinski definition) is 2. The van der Waals surface area contributed by atoms with E-state index < -0.39 is 0 Å². The van der Waals surface area contributed by atoms with Crippen molar-refractivity contribution < 1.29 is 4.79 Å². The zero-order chi connectivity index (χ0) is 14.3. The Bertz CT molecular complexity index is 268. The van der Waals surface area contributed by atoms with E-state index in [-0.39, 0.29) is 11.9 Å². The third-order valence-corrected chi connectivity index (χ3v) is 4.16. The Hall–Kier alpha value is -0.610. The summed E-state index contributed by atoms with van der Waals surface area (Å²) in [6.45, 7) is 9.49. The van der Waals surface area contributed by atoms with Gasteiger partial charge in [-0.1, -0.05) is 20.3 Å². The normalized spacial score (nSPS) is 22.5. The molecule has 2 atom stereocenters. The van der Waals surface area contributed by atoms with Gasteiger partial charge in [0.25, 0.3) is 0 Å². The number of hydrogen-bond acceptors (Lipinski definition) is 3. The van der Waals surface area contributed by atoms with Gasteiger partial charge in [0.05, 0.1) is 0 Å². The second-order valence-electron chi connectivity index (χ2n) is 6.20. The van der Waals surface area contributed by atoms with Gasteiger partial charge in [0, 0.05) is 31.6 Å². The van der Waals surface area contributed by atoms with Gasteiger partial charge in [-0.05, 0) is 38.6 Å². The fraction of sp³-hybridized carbons (Fsp3) is 0.933. The standard InChI is InChI=1S/C15H31N3O/c1-12(2)14(16)11-15(19)17-8-6-10-18-9-5-4-7-13(18)3/h12-14H,4-11,16H2,1-3H3,(H,17,19). The van der Waals surface area contributed by atoms with Crippen molar-refractivity contribution in [1.29, 1.82) is 0 Å². The summed E-state index contributed by atoms with van der Waals surface area (Å²) in [5.74, 6) is 0.452. The van der Waals surface area contributed by atoms with E-state index in [0.29, 0.717) is 18.4 Å². The summed E-state index contributed by atoms with van der Waals surface area (Å²) in [6.07, 6.45) is 5.47. The van der Waals surface area contributed by atoms with Gasteiger partial charge in [0.15, 0.2) is 0 Å². The van der Waals surface area contributed by atoms with Crippen LogP contribution in [0.4, 0.5) is 0 Å². The second-order valence-corrected chi connectivity index (χ2v) is 6.20. The predicted molar refractivity (Wildman–Crippen MR) is 79.9 cm³/mol. The van der Waals surface area contributed by atoms with Gasteiger partial charge in [-0.3, -0.25) is 4.79 Å². The molecule has 19 heavy (non-hydrogen) atoms. The maximum atomic E-state index is 11.7. The minimum atomic E-state index is -0.0258. The summed E-state index contributed by atoms with van der Waals surface area (Å²) in [5, 5.41) is 2.98. The van der Waals surface area contributed by atoms with Gasteiger partial charge in [-0.2, -0.15) is 0 Å². The predicted octanol–water partition coefficient (Wildman–Crippen LogP) is 1.74. The van der Waals surface area contributed by atoms with Crippen molar-refractivity contribution >= 4 is 5.91 Å². The Morgan fingerprint density at radius 1 is 1.42 bits per heavy atom. The molecule has 3 N–H and O–H groups in total. The molecule has 0 aromatic rings. The minimum Gasteiger partial charge on any atom is -0.356 e. The fourth-order valence-electron chi connectivity index (χ4n) is 2.52. The van der Waals surface area contributed by atoms with E-state index in [0.717, 1.165) is 19.5 Å². The lowest BCUT2D eigenvalue weighted by atomic mass is 10.0. The van der Waals surface area contributed by atoms with Gasteiger partial charge >= 0.3 is 0 Å². The number of piperidine rings is 1. The third kappa shape index (κ3) is 6.39. The molecular weight excluding hydrogens is 238 g/mol. The minimum absolute atomic E-state index is 0.0258. The lowest BCUT2D eigenvalue weighted by Gasteiger charge is -2.33. The fourth-order valence-corrected chi connectivity index (χ4v) is 2.52. The van der Waals surface area contributed by atoms with Crippen LogP contribution in [0.25, 0.3) is 0 Å². The van der Waals surface area contributed by atoms with Crippen LogP contribution in [0.1, 0.15) is 52.9 Å². The molecule has 1 saturated heterocycles. The molecule has 4 heteroatoms. The van der Waals surface area contributed by atoms with E-state index in [1.165, 1.54) is 25.8 Å². The molecular formula is C15H31N3O. The Kier molecular flexibility index (Phi) is 7.39. The van der Waals surface area contributed by atoms with Crippen LogP contribution in [0.15, 0.2) is 0 Å². The number of carbonyl (C=O) groups is 1. The van der Waals surface area contributed by atoms with E-state index in [1.54, 1.807) is 0 Å². The quantitative estimate of drug-likeness (QED) is 0.692. The molecule has 0 saturated carbocycles. The van der Waals surface area contributed by atoms with Crippen molar-refractivity contribution in [2.45, 2.75) is 65.0 Å². The first-order valence-electron chi connectivity index (χ1n) is 7.77. The zero-order valence-electron chi connectivity index (χ0n) is 12.8. The molecule has 0 radical (unpaired) electrons. The molecule has 1 fully saturated rings. The highest BCUT2D eigenvalue weighted by molar-refractivity contribution is 5.76. The highest BCUT2D eigenvalue weighted by Gasteiger charge is 2.17. The first kappa shape index (κ1) is 16.4. The largest absolute Gasteiger partial charge is 0.356 e. The van der Waals surface area contributed by atoms with Crippen LogP contribution in [0.2, 0.25) is 0 Å². The zero-order valence-corrected chi connectivity index (χ0v) is 12.8. The van der Waals surface area contributed by atoms with Crippen LogP contribution in [0, 0.1) is 5.92 Å². The molecule has 1 aliphatic heterocycles. The SMILES string of the molecule is CC(C)C(N)CC(=O)NCCCN1CCCCC1C. The molecule has 0 aromatic carbocycles. The van der Waals surface area contributed by atoms with Crippen molar-refractivity contribution in [3.8, 4) is 0 Å². The summed E-state index contributed by atoms with van der Waals surface area (Å²) in [7, 11) is 0. The second kappa shape index (κ2) is 8.54. The number of carbonyl (C=O) groups excluding carboxylic acids is 1. The first-order chi connectivity index (χ1) is 9.00. The Labute approximate surface area is 118 Å². The maximum absolute atomic E-state index is 11.7. The molecule has 2 unspecified atom stereocenters. The smallest absolute Gasteiger partial charge is 0.221 e. The maximum Gasteiger partial charge on any atom is 0.221 e. The molecule has 1 rings (SSSR count). The molecule has 1 heterocycles. The lowest BCUT2D eigenvalue weighted by Crippen LogP contribution is -2.40. The van der Waals surface area contributed by atoms with Crippen LogP contribution in [0.5, 0.6) is 0 Å². The van der Waals surface area contributed by atoms with Gasteiger partial charge < -0.3 is 16.0 Å². The highest BCUT2D eigenvalue weighted by atomic mass is 16.1. The Morgan fingerprint density at radius 3 is 2.79 bits per heavy atom. The van der Waals surface area contributed by atoms with E-state index in [2.05, 4.69) is 31.0 Å². The molecule has 0 aliphatic carbocycles. The number of nitrogens with two attached hydrogens (primary N) is 1. The number of nitrogens with zero attached hydrogens (tertiary/aromatic N) is 1. The molecule has 0 aromatic heterocycles. The average Bonchev–Trinajstić information content (AvgIpc) is 2.36. The van der Waals surface area contributed by atoms with Gasteiger partial charge in [0.1, 0.15) is 0 Å². The monoisotopic (exact) mass is 269 g/mol. The van der Waals surface area contributed by atoms with Gasteiger partial charge in [0.2, 0.25) is 5.91 Å². The van der Waals surface area contributed by atoms with Gasteiger partial charge in [-0.25, -0.2) is 0 Å². The topological polar surface area (TPSA) is 58.4 Å². The third-order valence-electron chi connectivity index (χ3n) is 4.16. The van der Waals surface area contributed by atoms with E-state index >= 15 is 0 Å². The van der Waals surface area contributed by atoms with Crippen molar-refractivity contribution in [2.24, 2.45) is 11.7 Å². The lowest BCUT2D eigenvalue weighted by molar-refractivity contribution is -0.121. The van der Waals surface area contributed by atoms with Crippen molar-refractivity contribution in [3.63, 3.8) is 0 Å². The van der Waals surface area contributed by atoms with E-state index in [9.17, 15) is 4.79 Å². The molecule has 1 aliphatic rings. The summed E-state index contributed by atoms with van der Waals surface area (Å²) < 4.78 is 0. The van der Waals surface area contributed by atoms with E-state index in [1.807, 2.05) is 0 Å². The Balaban J connectivity index is 2.08. The number of amides is 1. The molecule has 0 bridgehead atoms. The van der Waals surface area contributed by atoms with Crippen molar-refractivity contribution in [1.82, 2.24) is 10.2 Å². The number of rotatable bonds is 7. The van der Waals surface area contributed by atoms with Crippen molar-refractivity contribution in [3.05, 3.63) is 0 Å². The number of likely N-dealkylation sites (tertiary alicyclic amines) is 1. The van der Waals surface area contributed by atoms with Crippen molar-refractivity contribution in [2.75, 3.05) is 19.6 Å². The molecule has 1 amide bonds. The van der Waals surface area contributed by atoms with Gasteiger partial charge in [-0.15, -0.1) is 0 Å². The average molecular weight is 269 g/mol. The van der Waals surface area contributed by atoms with Crippen LogP contribution >= 0.6 is 0 Å². The van der Waals surface area contributed by atoms with Crippen LogP contribution < -0.4 is 11.1 Å². The molecule has 0 spiro atoms. The summed E-state index contributed by atoms with van der Waals surface area (Å²) in [6, 6.07) is 0.681. The van der Waals surface area contributed by atoms with Crippen LogP contribution in [0.3, 0.4) is 0 Å². The summed E-state index contributed by atoms with van der Waals surface area (Å²) >= 11 is 0. The van der Waals surface area contributed by atoms with Crippen LogP contribution in [-0.4, -0.2) is 42.5 Å². The number of nitrogens with one attached hydrogen (secondary N) is 1. The van der Waals surface area contributed by atoms with Crippen LogP contribution in [-0.2, 0) is 4.79 Å². The first-order valence-corrected chi connectivity index (χ1v) is 7.77. The molecule has 4 nitrogen and oxygen atoms in total. The highest BCUT2D eigenvalue weighted by Crippen LogP contribution is 2.16. The summed E-state index contributed by atoms with van der Waals surface area (Å²) in [5.41, 5.74) is 5.89. The Morgan fingerprint density at radius 2 is 2.16 bits per heavy atom.